The van der Waals surface area contributed by atoms with Crippen LogP contribution in [0.25, 0.3) is 219 Å². The lowest BCUT2D eigenvalue weighted by Crippen LogP contribution is -2.10. The minimum absolute atomic E-state index is 0.879. The Balaban J connectivity index is 0.000000105. The normalized spacial score (nSPS) is 11.7. The minimum Gasteiger partial charge on any atom is -0.456 e. The van der Waals surface area contributed by atoms with Crippen molar-refractivity contribution in [3.63, 3.8) is 0 Å². The first-order valence-electron chi connectivity index (χ1n) is 47.5. The van der Waals surface area contributed by atoms with Crippen molar-refractivity contribution >= 4 is 226 Å². The van der Waals surface area contributed by atoms with Crippen LogP contribution >= 0.6 is 0 Å². The third kappa shape index (κ3) is 14.1. The summed E-state index contributed by atoms with van der Waals surface area (Å²) in [5.41, 5.74) is 28.3. The molecule has 0 aliphatic heterocycles. The molecule has 140 heavy (non-hydrogen) atoms. The molecule has 29 rings (SSSR count). The van der Waals surface area contributed by atoms with E-state index in [9.17, 15) is 0 Å². The zero-order valence-corrected chi connectivity index (χ0v) is 75.8. The van der Waals surface area contributed by atoms with E-state index in [-0.39, 0.29) is 0 Å². The van der Waals surface area contributed by atoms with Gasteiger partial charge in [-0.15, -0.1) is 0 Å². The number of hydrogen-bond acceptors (Lipinski definition) is 8. The third-order valence-electron chi connectivity index (χ3n) is 27.8. The minimum atomic E-state index is 0.879. The number of para-hydroxylation sites is 8. The molecule has 0 unspecified atom stereocenters. The predicted molar refractivity (Wildman–Crippen MR) is 587 cm³/mol. The molecule has 29 aromatic rings. The first kappa shape index (κ1) is 80.9. The molecule has 0 saturated heterocycles. The van der Waals surface area contributed by atoms with Crippen molar-refractivity contribution < 1.29 is 22.1 Å². The van der Waals surface area contributed by atoms with Gasteiger partial charge < -0.3 is 36.8 Å². The van der Waals surface area contributed by atoms with Crippen LogP contribution in [0, 0.1) is 0 Å². The molecular weight excluding hydrogens is 1710 g/mol. The number of anilines is 9. The summed E-state index contributed by atoms with van der Waals surface area (Å²) in [7, 11) is 0. The summed E-state index contributed by atoms with van der Waals surface area (Å²) in [4.78, 5) is 6.94. The Kier molecular flexibility index (Phi) is 19.5. The highest BCUT2D eigenvalue weighted by Crippen LogP contribution is 2.49. The van der Waals surface area contributed by atoms with Crippen LogP contribution in [0.4, 0.5) is 51.2 Å². The van der Waals surface area contributed by atoms with E-state index in [0.29, 0.717) is 0 Å². The van der Waals surface area contributed by atoms with Gasteiger partial charge in [-0.05, 0) is 275 Å². The van der Waals surface area contributed by atoms with Crippen molar-refractivity contribution in [1.29, 1.82) is 0 Å². The molecule has 0 radical (unpaired) electrons. The summed E-state index contributed by atoms with van der Waals surface area (Å²) in [5, 5.41) is 26.2. The Bertz CT molecular complexity index is 9930. The molecule has 0 N–H and O–H groups in total. The van der Waals surface area contributed by atoms with Crippen LogP contribution in [0.5, 0.6) is 0 Å². The van der Waals surface area contributed by atoms with E-state index in [1.807, 2.05) is 60.7 Å². The highest BCUT2D eigenvalue weighted by Gasteiger charge is 2.24. The summed E-state index contributed by atoms with van der Waals surface area (Å²) in [5.74, 6) is 0. The first-order chi connectivity index (χ1) is 69.4. The van der Waals surface area contributed by atoms with Gasteiger partial charge in [0, 0.05) is 127 Å². The van der Waals surface area contributed by atoms with Crippen LogP contribution in [-0.2, 0) is 0 Å². The maximum Gasteiger partial charge on any atom is 0.137 e. The monoisotopic (exact) mass is 1790 g/mol. The Labute approximate surface area is 804 Å². The molecule has 5 aromatic heterocycles. The summed E-state index contributed by atoms with van der Waals surface area (Å²) >= 11 is 0. The lowest BCUT2D eigenvalue weighted by molar-refractivity contribution is 0.668. The highest BCUT2D eigenvalue weighted by molar-refractivity contribution is 6.30. The Hall–Kier alpha value is -18.8. The van der Waals surface area contributed by atoms with Gasteiger partial charge in [-0.25, -0.2) is 0 Å². The molecule has 0 amide bonds. The maximum absolute atomic E-state index is 6.27. The van der Waals surface area contributed by atoms with Gasteiger partial charge in [-0.1, -0.05) is 315 Å². The van der Waals surface area contributed by atoms with E-state index in [2.05, 4.69) is 458 Å². The molecule has 0 atom stereocenters. The standard InChI is InChI=1S/2C44H27NO2.C44H29NO/c1-2-10-32(11-3-1)45(34-21-24-41-38(27-34)36-13-4-6-15-39(36)46-41)33-12-8-9-29(26-33)30-19-22-35-31(25-30)18-17-28-20-23-42-44(43(28)35)37-14-5-7-16-40(37)47-42;1-2-8-32(9-3-1)45(34-23-24-36-35-10-4-6-12-39(35)47-42(36)27-34)33-21-18-28(19-22-33)31-17-15-29-14-16-30-20-25-41-44(43(30)38(29)26-31)37-11-5-7-13-40(37)46-41;1-3-11-30(12-4-1)32-13-9-17-37(28-32)45(36-15-5-2-6-16-36)38-18-10-14-33(29-38)34-23-25-39-35(27-34)22-21-31-24-26-42-44(43(31)39)40-19-7-8-20-41(40)46-42/h2*1-27H;1-29H. The van der Waals surface area contributed by atoms with Crippen LogP contribution in [0.15, 0.2) is 526 Å². The van der Waals surface area contributed by atoms with Crippen LogP contribution in [-0.4, -0.2) is 0 Å². The molecule has 8 nitrogen and oxygen atoms in total. The smallest absolute Gasteiger partial charge is 0.137 e. The van der Waals surface area contributed by atoms with E-state index in [1.165, 1.54) is 114 Å². The van der Waals surface area contributed by atoms with Crippen LogP contribution < -0.4 is 14.7 Å². The van der Waals surface area contributed by atoms with Gasteiger partial charge in [0.05, 0.1) is 0 Å². The Morgan fingerprint density at radius 1 is 0.107 bits per heavy atom. The number of hydrogen-bond donors (Lipinski definition) is 0. The van der Waals surface area contributed by atoms with Crippen molar-refractivity contribution in [2.45, 2.75) is 0 Å². The second kappa shape index (κ2) is 33.7. The highest BCUT2D eigenvalue weighted by atomic mass is 16.3. The van der Waals surface area contributed by atoms with Gasteiger partial charge in [-0.3, -0.25) is 0 Å². The second-order valence-electron chi connectivity index (χ2n) is 36.0. The molecule has 0 saturated carbocycles. The van der Waals surface area contributed by atoms with Crippen molar-refractivity contribution in [2.75, 3.05) is 14.7 Å². The molecule has 0 bridgehead atoms. The van der Waals surface area contributed by atoms with Gasteiger partial charge in [0.25, 0.3) is 0 Å². The largest absolute Gasteiger partial charge is 0.456 e. The summed E-state index contributed by atoms with van der Waals surface area (Å²) < 4.78 is 31.2. The summed E-state index contributed by atoms with van der Waals surface area (Å²) in [6.07, 6.45) is 0. The van der Waals surface area contributed by atoms with Crippen LogP contribution in [0.1, 0.15) is 0 Å². The SMILES string of the molecule is c1ccc(-c2cccc(N(c3ccccc3)c3cccc(-c4ccc5c(ccc6ccc7oc8ccccc8c7c65)c4)c3)c2)cc1.c1ccc(N(c2ccc(-c3ccc4ccc5ccc6oc7ccccc7c6c5c4c3)cc2)c2ccc3c(c2)oc2ccccc23)cc1.c1ccc(N(c2cccc(-c3ccc4c(ccc5ccc6oc7ccccc7c6c54)c3)c2)c2ccc3oc4ccccc4c3c2)cc1. The van der Waals surface area contributed by atoms with E-state index in [4.69, 9.17) is 22.1 Å². The fraction of sp³-hybridized carbons (Fsp3) is 0. The van der Waals surface area contributed by atoms with Gasteiger partial charge >= 0.3 is 0 Å². The van der Waals surface area contributed by atoms with Gasteiger partial charge in [0.2, 0.25) is 0 Å². The maximum atomic E-state index is 6.27. The third-order valence-corrected chi connectivity index (χ3v) is 27.8. The molecular formula is C132H83N3O5. The van der Waals surface area contributed by atoms with Crippen molar-refractivity contribution in [3.8, 4) is 44.5 Å². The van der Waals surface area contributed by atoms with E-state index < -0.39 is 0 Å². The zero-order valence-electron chi connectivity index (χ0n) is 75.8. The lowest BCUT2D eigenvalue weighted by Gasteiger charge is -2.26. The average molecular weight is 1790 g/mol. The van der Waals surface area contributed by atoms with Gasteiger partial charge in [-0.2, -0.15) is 0 Å². The van der Waals surface area contributed by atoms with Crippen molar-refractivity contribution in [2.24, 2.45) is 0 Å². The Morgan fingerprint density at radius 3 is 0.843 bits per heavy atom. The number of furan rings is 5. The van der Waals surface area contributed by atoms with Crippen LogP contribution in [0.2, 0.25) is 0 Å². The molecule has 0 aliphatic rings. The van der Waals surface area contributed by atoms with Gasteiger partial charge in [0.1, 0.15) is 55.8 Å². The molecule has 5 heterocycles. The second-order valence-corrected chi connectivity index (χ2v) is 36.0. The molecule has 0 fully saturated rings. The Morgan fingerprint density at radius 2 is 0.364 bits per heavy atom. The average Bonchev–Trinajstić information content (AvgIpc) is 1.55. The zero-order chi connectivity index (χ0) is 92.2. The van der Waals surface area contributed by atoms with Crippen LogP contribution in [0.3, 0.4) is 0 Å². The number of nitrogens with zero attached hydrogens (tertiary/aromatic N) is 3. The topological polar surface area (TPSA) is 75.4 Å². The van der Waals surface area contributed by atoms with Crippen molar-refractivity contribution in [3.05, 3.63) is 504 Å². The first-order valence-corrected chi connectivity index (χ1v) is 47.5. The number of benzene rings is 24. The van der Waals surface area contributed by atoms with E-state index >= 15 is 0 Å². The molecule has 24 aromatic carbocycles. The quantitative estimate of drug-likeness (QED) is 0.106. The molecule has 8 heteroatoms. The van der Waals surface area contributed by atoms with Crippen molar-refractivity contribution in [1.82, 2.24) is 0 Å². The summed E-state index contributed by atoms with van der Waals surface area (Å²) in [6.45, 7) is 0. The fourth-order valence-electron chi connectivity index (χ4n) is 21.3. The predicted octanol–water partition coefficient (Wildman–Crippen LogP) is 38.6. The number of fused-ring (bicyclic) bond motifs is 27. The van der Waals surface area contributed by atoms with E-state index in [0.717, 1.165) is 156 Å². The number of rotatable bonds is 13. The summed E-state index contributed by atoms with van der Waals surface area (Å²) in [6, 6.07) is 179. The van der Waals surface area contributed by atoms with Gasteiger partial charge in [0.15, 0.2) is 0 Å². The lowest BCUT2D eigenvalue weighted by atomic mass is 9.94. The molecule has 0 aliphatic carbocycles. The fourth-order valence-corrected chi connectivity index (χ4v) is 21.3. The molecule has 656 valence electrons. The van der Waals surface area contributed by atoms with E-state index in [1.54, 1.807) is 0 Å². The molecule has 0 spiro atoms.